The molecule has 126 valence electrons. The average Bonchev–Trinajstić information content (AvgIpc) is 3.01. The molecule has 2 aromatic rings. The van der Waals surface area contributed by atoms with Gasteiger partial charge in [0.15, 0.2) is 0 Å². The number of rotatable bonds is 6. The monoisotopic (exact) mass is 353 g/mol. The van der Waals surface area contributed by atoms with Crippen LogP contribution in [0.15, 0.2) is 41.8 Å². The van der Waals surface area contributed by atoms with Crippen LogP contribution in [0, 0.1) is 0 Å². The molecule has 1 amide bonds. The predicted molar refractivity (Wildman–Crippen MR) is 86.4 cm³/mol. The first kappa shape index (κ1) is 17.6. The van der Waals surface area contributed by atoms with Gasteiger partial charge >= 0.3 is 12.6 Å². The molecule has 0 unspecified atom stereocenters. The third-order valence-electron chi connectivity index (χ3n) is 2.83. The molecule has 0 radical (unpaired) electrons. The summed E-state index contributed by atoms with van der Waals surface area (Å²) in [5.74, 6) is -0.932. The van der Waals surface area contributed by atoms with Crippen molar-refractivity contribution in [2.24, 2.45) is 0 Å². The Morgan fingerprint density at radius 1 is 1.21 bits per heavy atom. The molecule has 24 heavy (non-hydrogen) atoms. The summed E-state index contributed by atoms with van der Waals surface area (Å²) in [6.07, 6.45) is 2.77. The third kappa shape index (κ3) is 4.88. The highest BCUT2D eigenvalue weighted by atomic mass is 32.1. The first-order valence-electron chi connectivity index (χ1n) is 6.69. The Labute approximate surface area is 140 Å². The van der Waals surface area contributed by atoms with Gasteiger partial charge in [-0.15, -0.1) is 11.3 Å². The van der Waals surface area contributed by atoms with Gasteiger partial charge in [-0.05, 0) is 35.2 Å². The van der Waals surface area contributed by atoms with Gasteiger partial charge in [0, 0.05) is 6.08 Å². The maximum absolute atomic E-state index is 12.0. The minimum atomic E-state index is -2.88. The Morgan fingerprint density at radius 3 is 2.54 bits per heavy atom. The fourth-order valence-electron chi connectivity index (χ4n) is 1.77. The van der Waals surface area contributed by atoms with Crippen LogP contribution in [0.3, 0.4) is 0 Å². The van der Waals surface area contributed by atoms with Crippen LogP contribution in [0.4, 0.5) is 14.5 Å². The Kier molecular flexibility index (Phi) is 6.02. The van der Waals surface area contributed by atoms with E-state index < -0.39 is 18.5 Å². The number of thiophene rings is 1. The number of alkyl halides is 2. The van der Waals surface area contributed by atoms with Crippen molar-refractivity contribution in [2.45, 2.75) is 6.61 Å². The summed E-state index contributed by atoms with van der Waals surface area (Å²) in [6.45, 7) is -2.88. The van der Waals surface area contributed by atoms with Crippen LogP contribution in [-0.4, -0.2) is 25.6 Å². The molecule has 0 saturated heterocycles. The van der Waals surface area contributed by atoms with E-state index in [1.54, 1.807) is 11.4 Å². The molecule has 1 aromatic heterocycles. The van der Waals surface area contributed by atoms with Gasteiger partial charge in [0.1, 0.15) is 10.6 Å². The van der Waals surface area contributed by atoms with E-state index in [-0.39, 0.29) is 5.75 Å². The molecule has 1 heterocycles. The van der Waals surface area contributed by atoms with Crippen LogP contribution in [0.1, 0.15) is 15.2 Å². The first-order valence-corrected chi connectivity index (χ1v) is 7.57. The van der Waals surface area contributed by atoms with E-state index in [9.17, 15) is 18.4 Å². The number of nitrogens with one attached hydrogen (secondary N) is 1. The minimum Gasteiger partial charge on any atom is -0.465 e. The lowest BCUT2D eigenvalue weighted by Crippen LogP contribution is -2.10. The molecule has 5 nitrogen and oxygen atoms in total. The number of amides is 1. The second-order valence-corrected chi connectivity index (χ2v) is 5.34. The van der Waals surface area contributed by atoms with E-state index in [1.807, 2.05) is 0 Å². The van der Waals surface area contributed by atoms with E-state index in [4.69, 9.17) is 0 Å². The quantitative estimate of drug-likeness (QED) is 0.634. The van der Waals surface area contributed by atoms with Crippen molar-refractivity contribution in [3.63, 3.8) is 0 Å². The fourth-order valence-corrected chi connectivity index (χ4v) is 2.53. The van der Waals surface area contributed by atoms with Crippen molar-refractivity contribution in [3.8, 4) is 5.75 Å². The second-order valence-electron chi connectivity index (χ2n) is 4.43. The number of ether oxygens (including phenoxy) is 2. The van der Waals surface area contributed by atoms with Crippen LogP contribution in [-0.2, 0) is 9.53 Å². The zero-order valence-electron chi connectivity index (χ0n) is 12.5. The number of anilines is 1. The highest BCUT2D eigenvalue weighted by Crippen LogP contribution is 2.23. The zero-order valence-corrected chi connectivity index (χ0v) is 13.3. The molecule has 0 saturated carbocycles. The summed E-state index contributed by atoms with van der Waals surface area (Å²) >= 11 is 1.16. The number of halogens is 2. The van der Waals surface area contributed by atoms with Gasteiger partial charge in [0.25, 0.3) is 0 Å². The minimum absolute atomic E-state index is 0.0348. The van der Waals surface area contributed by atoms with Crippen LogP contribution < -0.4 is 10.1 Å². The summed E-state index contributed by atoms with van der Waals surface area (Å²) in [5.41, 5.74) is 0.993. The lowest BCUT2D eigenvalue weighted by Gasteiger charge is -2.04. The maximum atomic E-state index is 12.0. The van der Waals surface area contributed by atoms with Gasteiger partial charge in [-0.3, -0.25) is 4.79 Å². The molecular formula is C16H13F2NO4S. The lowest BCUT2D eigenvalue weighted by molar-refractivity contribution is -0.111. The highest BCUT2D eigenvalue weighted by Gasteiger charge is 2.14. The second kappa shape index (κ2) is 8.21. The molecule has 1 N–H and O–H groups in total. The van der Waals surface area contributed by atoms with E-state index in [0.717, 1.165) is 11.3 Å². The van der Waals surface area contributed by atoms with E-state index in [2.05, 4.69) is 14.8 Å². The molecule has 8 heteroatoms. The fraction of sp³-hybridized carbons (Fsp3) is 0.125. The molecule has 1 aromatic carbocycles. The van der Waals surface area contributed by atoms with Gasteiger partial charge in [-0.25, -0.2) is 4.79 Å². The molecule has 0 fully saturated rings. The molecular weight excluding hydrogens is 340 g/mol. The Hall–Kier alpha value is -2.74. The largest absolute Gasteiger partial charge is 0.465 e. The standard InChI is InChI=1S/C16H13F2NO4S/c1-22-15(21)14-12(8-9-24-14)19-13(20)7-4-10-2-5-11(6-3-10)23-16(17)18/h2-9,16H,1H3,(H,19,20). The van der Waals surface area contributed by atoms with Crippen LogP contribution in [0.5, 0.6) is 5.75 Å². The van der Waals surface area contributed by atoms with E-state index >= 15 is 0 Å². The van der Waals surface area contributed by atoms with Gasteiger partial charge < -0.3 is 14.8 Å². The summed E-state index contributed by atoms with van der Waals surface area (Å²) in [6, 6.07) is 7.41. The molecule has 0 aliphatic heterocycles. The van der Waals surface area contributed by atoms with Crippen molar-refractivity contribution in [3.05, 3.63) is 52.2 Å². The molecule has 0 spiro atoms. The van der Waals surface area contributed by atoms with Crippen molar-refractivity contribution < 1.29 is 27.8 Å². The number of methoxy groups -OCH3 is 1. The maximum Gasteiger partial charge on any atom is 0.387 e. The van der Waals surface area contributed by atoms with Crippen molar-refractivity contribution in [1.29, 1.82) is 0 Å². The van der Waals surface area contributed by atoms with Crippen molar-refractivity contribution >= 4 is 35.0 Å². The Bertz CT molecular complexity index is 741. The summed E-state index contributed by atoms with van der Waals surface area (Å²) in [4.78, 5) is 23.7. The van der Waals surface area contributed by atoms with E-state index in [1.165, 1.54) is 43.5 Å². The average molecular weight is 353 g/mol. The van der Waals surface area contributed by atoms with Gasteiger partial charge in [-0.2, -0.15) is 8.78 Å². The Morgan fingerprint density at radius 2 is 1.92 bits per heavy atom. The topological polar surface area (TPSA) is 64.6 Å². The zero-order chi connectivity index (χ0) is 17.5. The van der Waals surface area contributed by atoms with Crippen LogP contribution in [0.2, 0.25) is 0 Å². The van der Waals surface area contributed by atoms with E-state index in [0.29, 0.717) is 16.1 Å². The highest BCUT2D eigenvalue weighted by molar-refractivity contribution is 7.12. The number of esters is 1. The Balaban J connectivity index is 1.98. The van der Waals surface area contributed by atoms with Crippen LogP contribution >= 0.6 is 11.3 Å². The molecule has 0 atom stereocenters. The summed E-state index contributed by atoms with van der Waals surface area (Å²) < 4.78 is 33.0. The van der Waals surface area contributed by atoms with Gasteiger partial charge in [0.05, 0.1) is 12.8 Å². The molecule has 0 bridgehead atoms. The smallest absolute Gasteiger partial charge is 0.387 e. The summed E-state index contributed by atoms with van der Waals surface area (Å²) in [7, 11) is 1.26. The van der Waals surface area contributed by atoms with Crippen molar-refractivity contribution in [2.75, 3.05) is 12.4 Å². The lowest BCUT2D eigenvalue weighted by atomic mass is 10.2. The molecule has 2 rings (SSSR count). The normalized spacial score (nSPS) is 10.8. The predicted octanol–water partition coefficient (Wildman–Crippen LogP) is 3.79. The number of carbonyl (C=O) groups excluding carboxylic acids is 2. The molecule has 0 aliphatic carbocycles. The number of benzene rings is 1. The van der Waals surface area contributed by atoms with Crippen molar-refractivity contribution in [1.82, 2.24) is 0 Å². The number of hydrogen-bond donors (Lipinski definition) is 1. The molecule has 0 aliphatic rings. The SMILES string of the molecule is COC(=O)c1sccc1NC(=O)C=Cc1ccc(OC(F)F)cc1. The number of carbonyl (C=O) groups is 2. The number of hydrogen-bond acceptors (Lipinski definition) is 5. The van der Waals surface area contributed by atoms with Gasteiger partial charge in [0.2, 0.25) is 5.91 Å². The van der Waals surface area contributed by atoms with Crippen LogP contribution in [0.25, 0.3) is 6.08 Å². The first-order chi connectivity index (χ1) is 11.5. The van der Waals surface area contributed by atoms with Gasteiger partial charge in [-0.1, -0.05) is 12.1 Å². The third-order valence-corrected chi connectivity index (χ3v) is 3.72. The summed E-state index contributed by atoms with van der Waals surface area (Å²) in [5, 5.41) is 4.23.